The number of hydrogen-bond donors (Lipinski definition) is 1. The van der Waals surface area contributed by atoms with E-state index in [4.69, 9.17) is 0 Å². The molecule has 0 radical (unpaired) electrons. The van der Waals surface area contributed by atoms with Gasteiger partial charge in [-0.05, 0) is 44.4 Å². The molecular formula is C16H20OS. The van der Waals surface area contributed by atoms with Gasteiger partial charge in [-0.25, -0.2) is 0 Å². The number of rotatable bonds is 3. The van der Waals surface area contributed by atoms with E-state index in [9.17, 15) is 5.11 Å². The van der Waals surface area contributed by atoms with Gasteiger partial charge in [0, 0.05) is 4.90 Å². The molecule has 1 aliphatic carbocycles. The molecule has 0 aromatic heterocycles. The van der Waals surface area contributed by atoms with E-state index in [1.807, 2.05) is 32.0 Å². The highest BCUT2D eigenvalue weighted by molar-refractivity contribution is 8.03. The molecule has 1 saturated carbocycles. The third-order valence-corrected chi connectivity index (χ3v) is 4.37. The van der Waals surface area contributed by atoms with Crippen molar-refractivity contribution in [2.75, 3.05) is 0 Å². The topological polar surface area (TPSA) is 20.2 Å². The van der Waals surface area contributed by atoms with Crippen molar-refractivity contribution < 1.29 is 5.11 Å². The lowest BCUT2D eigenvalue weighted by Crippen LogP contribution is -2.25. The molecule has 0 amide bonds. The van der Waals surface area contributed by atoms with Crippen LogP contribution in [0.15, 0.2) is 51.4 Å². The van der Waals surface area contributed by atoms with Crippen molar-refractivity contribution >= 4 is 11.8 Å². The molecular weight excluding hydrogens is 240 g/mol. The first-order valence-electron chi connectivity index (χ1n) is 6.50. The third kappa shape index (κ3) is 3.29. The molecule has 0 bridgehead atoms. The molecule has 0 aliphatic heterocycles. The van der Waals surface area contributed by atoms with Gasteiger partial charge in [0.15, 0.2) is 0 Å². The maximum absolute atomic E-state index is 10.7. The van der Waals surface area contributed by atoms with Crippen LogP contribution in [0.2, 0.25) is 0 Å². The van der Waals surface area contributed by atoms with Gasteiger partial charge in [0.25, 0.3) is 0 Å². The van der Waals surface area contributed by atoms with E-state index in [1.54, 1.807) is 11.8 Å². The zero-order valence-electron chi connectivity index (χ0n) is 11.1. The zero-order chi connectivity index (χ0) is 13.0. The van der Waals surface area contributed by atoms with Crippen LogP contribution in [0.5, 0.6) is 0 Å². The van der Waals surface area contributed by atoms with Crippen LogP contribution < -0.4 is 0 Å². The number of thioether (sulfide) groups is 1. The largest absolute Gasteiger partial charge is 0.384 e. The predicted octanol–water partition coefficient (Wildman–Crippen LogP) is 4.53. The fourth-order valence-corrected chi connectivity index (χ4v) is 3.44. The second-order valence-electron chi connectivity index (χ2n) is 5.11. The van der Waals surface area contributed by atoms with Gasteiger partial charge in [-0.3, -0.25) is 0 Å². The lowest BCUT2D eigenvalue weighted by atomic mass is 10.0. The number of hydrogen-bond acceptors (Lipinski definition) is 2. The quantitative estimate of drug-likeness (QED) is 0.636. The maximum Gasteiger partial charge on any atom is 0.103 e. The first-order chi connectivity index (χ1) is 8.60. The molecule has 2 heteroatoms. The van der Waals surface area contributed by atoms with Crippen molar-refractivity contribution in [1.29, 1.82) is 0 Å². The van der Waals surface area contributed by atoms with Gasteiger partial charge in [0.1, 0.15) is 5.60 Å². The molecule has 18 heavy (non-hydrogen) atoms. The van der Waals surface area contributed by atoms with Crippen molar-refractivity contribution in [2.45, 2.75) is 50.0 Å². The molecule has 0 unspecified atom stereocenters. The Hall–Kier alpha value is -0.950. The summed E-state index contributed by atoms with van der Waals surface area (Å²) in [5.41, 5.74) is 3.82. The minimum Gasteiger partial charge on any atom is -0.384 e. The Kier molecular flexibility index (Phi) is 4.34. The molecule has 0 atom stereocenters. The highest BCUT2D eigenvalue weighted by atomic mass is 32.2. The van der Waals surface area contributed by atoms with Crippen molar-refractivity contribution in [3.05, 3.63) is 46.5 Å². The highest BCUT2D eigenvalue weighted by Gasteiger charge is 2.35. The minimum atomic E-state index is -0.655. The van der Waals surface area contributed by atoms with Gasteiger partial charge < -0.3 is 5.11 Å². The fourth-order valence-electron chi connectivity index (χ4n) is 2.26. The first kappa shape index (κ1) is 13.5. The van der Waals surface area contributed by atoms with Gasteiger partial charge in [0.2, 0.25) is 0 Å². The van der Waals surface area contributed by atoms with Gasteiger partial charge in [0.05, 0.1) is 4.91 Å². The summed E-state index contributed by atoms with van der Waals surface area (Å²) >= 11 is 1.65. The van der Waals surface area contributed by atoms with Gasteiger partial charge in [-0.1, -0.05) is 42.8 Å². The standard InChI is InChI=1S/C16H20OS/c1-13(2)12-15(16(17)10-6-7-11-16)18-14-8-4-3-5-9-14/h3-5,8-9,17H,6-7,10-11H2,1-2H3. The van der Waals surface area contributed by atoms with Crippen molar-refractivity contribution in [3.8, 4) is 0 Å². The van der Waals surface area contributed by atoms with Crippen LogP contribution in [0.25, 0.3) is 0 Å². The van der Waals surface area contributed by atoms with Crippen LogP contribution in [0, 0.1) is 0 Å². The Balaban J connectivity index is 2.31. The number of benzene rings is 1. The van der Waals surface area contributed by atoms with Crippen molar-refractivity contribution in [3.63, 3.8) is 0 Å². The summed E-state index contributed by atoms with van der Waals surface area (Å²) in [6, 6.07) is 10.2. The average Bonchev–Trinajstić information content (AvgIpc) is 2.77. The highest BCUT2D eigenvalue weighted by Crippen LogP contribution is 2.43. The summed E-state index contributed by atoms with van der Waals surface area (Å²) in [4.78, 5) is 2.15. The van der Waals surface area contributed by atoms with Crippen LogP contribution in [-0.4, -0.2) is 10.7 Å². The van der Waals surface area contributed by atoms with E-state index >= 15 is 0 Å². The average molecular weight is 260 g/mol. The monoisotopic (exact) mass is 260 g/mol. The summed E-state index contributed by atoms with van der Waals surface area (Å²) < 4.78 is 0. The van der Waals surface area contributed by atoms with Crippen molar-refractivity contribution in [2.24, 2.45) is 0 Å². The zero-order valence-corrected chi connectivity index (χ0v) is 11.9. The molecule has 0 heterocycles. The minimum absolute atomic E-state index is 0.655. The van der Waals surface area contributed by atoms with E-state index in [1.165, 1.54) is 4.90 Å². The molecule has 1 nitrogen and oxygen atoms in total. The Bertz CT molecular complexity index is 459. The molecule has 1 aliphatic rings. The van der Waals surface area contributed by atoms with E-state index in [2.05, 4.69) is 17.9 Å². The smallest absolute Gasteiger partial charge is 0.103 e. The summed E-state index contributed by atoms with van der Waals surface area (Å²) in [5.74, 6) is 0. The second kappa shape index (κ2) is 5.79. The number of aliphatic hydroxyl groups is 1. The van der Waals surface area contributed by atoms with Crippen LogP contribution in [0.4, 0.5) is 0 Å². The van der Waals surface area contributed by atoms with Crippen LogP contribution >= 0.6 is 11.8 Å². The van der Waals surface area contributed by atoms with Gasteiger partial charge in [-0.15, -0.1) is 5.73 Å². The Morgan fingerprint density at radius 2 is 1.78 bits per heavy atom. The van der Waals surface area contributed by atoms with E-state index in [-0.39, 0.29) is 0 Å². The molecule has 96 valence electrons. The third-order valence-electron chi connectivity index (χ3n) is 3.18. The van der Waals surface area contributed by atoms with Crippen molar-refractivity contribution in [1.82, 2.24) is 0 Å². The summed E-state index contributed by atoms with van der Waals surface area (Å²) in [6.45, 7) is 4.06. The molecule has 1 aromatic rings. The SMILES string of the molecule is CC(C)=C=C(Sc1ccccc1)C1(O)CCCC1. The lowest BCUT2D eigenvalue weighted by Gasteiger charge is -2.23. The lowest BCUT2D eigenvalue weighted by molar-refractivity contribution is 0.0954. The van der Waals surface area contributed by atoms with Crippen LogP contribution in [0.1, 0.15) is 39.5 Å². The van der Waals surface area contributed by atoms with Gasteiger partial charge in [-0.2, -0.15) is 0 Å². The Labute approximate surface area is 114 Å². The molecule has 1 N–H and O–H groups in total. The Morgan fingerprint density at radius 3 is 2.33 bits per heavy atom. The predicted molar refractivity (Wildman–Crippen MR) is 77.6 cm³/mol. The normalized spacial score (nSPS) is 17.3. The molecule has 0 spiro atoms. The molecule has 1 aromatic carbocycles. The molecule has 1 fully saturated rings. The fraction of sp³-hybridized carbons (Fsp3) is 0.438. The first-order valence-corrected chi connectivity index (χ1v) is 7.32. The Morgan fingerprint density at radius 1 is 1.17 bits per heavy atom. The molecule has 2 rings (SSSR count). The van der Waals surface area contributed by atoms with E-state index in [0.717, 1.165) is 36.2 Å². The van der Waals surface area contributed by atoms with E-state index < -0.39 is 5.60 Å². The van der Waals surface area contributed by atoms with Gasteiger partial charge >= 0.3 is 0 Å². The summed E-state index contributed by atoms with van der Waals surface area (Å²) in [6.07, 6.45) is 3.95. The maximum atomic E-state index is 10.7. The summed E-state index contributed by atoms with van der Waals surface area (Å²) in [5, 5.41) is 10.7. The van der Waals surface area contributed by atoms with Crippen LogP contribution in [-0.2, 0) is 0 Å². The van der Waals surface area contributed by atoms with Crippen LogP contribution in [0.3, 0.4) is 0 Å². The van der Waals surface area contributed by atoms with E-state index in [0.29, 0.717) is 0 Å². The summed E-state index contributed by atoms with van der Waals surface area (Å²) in [7, 11) is 0. The second-order valence-corrected chi connectivity index (χ2v) is 6.19. The molecule has 0 saturated heterocycles.